The maximum absolute atomic E-state index is 12.0. The predicted octanol–water partition coefficient (Wildman–Crippen LogP) is 3.47. The predicted molar refractivity (Wildman–Crippen MR) is 83.0 cm³/mol. The van der Waals surface area contributed by atoms with Crippen molar-refractivity contribution in [2.75, 3.05) is 20.1 Å². The molecule has 1 N–H and O–H groups in total. The fraction of sp³-hybridized carbons (Fsp3) is 0.588. The molecular formula is C17H26N2O. The lowest BCUT2D eigenvalue weighted by atomic mass is 9.95. The number of aryl methyl sites for hydroxylation is 1. The minimum Gasteiger partial charge on any atom is -0.337 e. The van der Waals surface area contributed by atoms with Crippen LogP contribution in [-0.4, -0.2) is 31.1 Å². The number of nitrogens with one attached hydrogen (secondary N) is 1. The standard InChI is InChI=1S/C17H26N2O/c1-4-5-12-19(3)16(20)18-13-17(10-11-17)15-8-6-14(2)7-9-15/h6-9H,4-5,10-13H2,1-3H3,(H,18,20). The first-order valence-electron chi connectivity index (χ1n) is 7.63. The molecule has 1 aromatic carbocycles. The average Bonchev–Trinajstić information content (AvgIpc) is 3.24. The molecule has 0 spiro atoms. The normalized spacial score (nSPS) is 15.8. The Balaban J connectivity index is 1.87. The maximum atomic E-state index is 12.0. The summed E-state index contributed by atoms with van der Waals surface area (Å²) in [5, 5.41) is 3.09. The van der Waals surface area contributed by atoms with E-state index in [9.17, 15) is 4.79 Å². The molecule has 2 rings (SSSR count). The van der Waals surface area contributed by atoms with Crippen LogP contribution in [0.4, 0.5) is 4.79 Å². The van der Waals surface area contributed by atoms with Crippen molar-refractivity contribution in [3.8, 4) is 0 Å². The van der Waals surface area contributed by atoms with Gasteiger partial charge in [-0.05, 0) is 31.7 Å². The van der Waals surface area contributed by atoms with Crippen LogP contribution in [0, 0.1) is 6.92 Å². The largest absolute Gasteiger partial charge is 0.337 e. The SMILES string of the molecule is CCCCN(C)C(=O)NCC1(c2ccc(C)cc2)CC1. The Kier molecular flexibility index (Phi) is 4.69. The highest BCUT2D eigenvalue weighted by molar-refractivity contribution is 5.74. The van der Waals surface area contributed by atoms with Crippen LogP contribution in [0.2, 0.25) is 0 Å². The molecule has 0 aromatic heterocycles. The van der Waals surface area contributed by atoms with Gasteiger partial charge in [0.05, 0.1) is 0 Å². The van der Waals surface area contributed by atoms with Crippen LogP contribution >= 0.6 is 0 Å². The number of urea groups is 1. The van der Waals surface area contributed by atoms with Crippen LogP contribution in [0.1, 0.15) is 43.7 Å². The van der Waals surface area contributed by atoms with Crippen molar-refractivity contribution in [2.24, 2.45) is 0 Å². The maximum Gasteiger partial charge on any atom is 0.317 e. The second-order valence-corrected chi connectivity index (χ2v) is 6.08. The highest BCUT2D eigenvalue weighted by Gasteiger charge is 2.44. The summed E-state index contributed by atoms with van der Waals surface area (Å²) in [5.74, 6) is 0. The number of hydrogen-bond acceptors (Lipinski definition) is 1. The van der Waals surface area contributed by atoms with Crippen LogP contribution in [-0.2, 0) is 5.41 Å². The molecule has 0 heterocycles. The highest BCUT2D eigenvalue weighted by atomic mass is 16.2. The molecular weight excluding hydrogens is 248 g/mol. The molecule has 1 saturated carbocycles. The third kappa shape index (κ3) is 3.53. The Bertz CT molecular complexity index is 449. The van der Waals surface area contributed by atoms with Crippen LogP contribution in [0.3, 0.4) is 0 Å². The van der Waals surface area contributed by atoms with Crippen LogP contribution in [0.5, 0.6) is 0 Å². The van der Waals surface area contributed by atoms with E-state index in [2.05, 4.69) is 43.4 Å². The van der Waals surface area contributed by atoms with Crippen molar-refractivity contribution in [3.05, 3.63) is 35.4 Å². The molecule has 1 aliphatic rings. The van der Waals surface area contributed by atoms with E-state index >= 15 is 0 Å². The fourth-order valence-electron chi connectivity index (χ4n) is 2.50. The van der Waals surface area contributed by atoms with Crippen molar-refractivity contribution in [1.82, 2.24) is 10.2 Å². The quantitative estimate of drug-likeness (QED) is 0.846. The van der Waals surface area contributed by atoms with Gasteiger partial charge in [0.2, 0.25) is 0 Å². The van der Waals surface area contributed by atoms with Crippen LogP contribution in [0.25, 0.3) is 0 Å². The van der Waals surface area contributed by atoms with Crippen LogP contribution in [0.15, 0.2) is 24.3 Å². The lowest BCUT2D eigenvalue weighted by Gasteiger charge is -2.21. The molecule has 1 fully saturated rings. The molecule has 0 aliphatic heterocycles. The Morgan fingerprint density at radius 1 is 1.30 bits per heavy atom. The third-order valence-corrected chi connectivity index (χ3v) is 4.29. The van der Waals surface area contributed by atoms with Gasteiger partial charge < -0.3 is 10.2 Å². The van der Waals surface area contributed by atoms with E-state index in [1.165, 1.54) is 24.0 Å². The van der Waals surface area contributed by atoms with Gasteiger partial charge in [-0.3, -0.25) is 0 Å². The average molecular weight is 274 g/mol. The van der Waals surface area contributed by atoms with E-state index in [0.29, 0.717) is 0 Å². The zero-order valence-corrected chi connectivity index (χ0v) is 12.9. The van der Waals surface area contributed by atoms with Gasteiger partial charge in [0.1, 0.15) is 0 Å². The number of amides is 2. The van der Waals surface area contributed by atoms with E-state index in [1.54, 1.807) is 4.90 Å². The Morgan fingerprint density at radius 2 is 1.95 bits per heavy atom. The summed E-state index contributed by atoms with van der Waals surface area (Å²) in [5.41, 5.74) is 2.84. The number of carbonyl (C=O) groups excluding carboxylic acids is 1. The number of nitrogens with zero attached hydrogens (tertiary/aromatic N) is 1. The zero-order valence-electron chi connectivity index (χ0n) is 12.9. The molecule has 0 atom stereocenters. The lowest BCUT2D eigenvalue weighted by molar-refractivity contribution is 0.207. The number of benzene rings is 1. The van der Waals surface area contributed by atoms with E-state index in [1.807, 2.05) is 7.05 Å². The van der Waals surface area contributed by atoms with E-state index < -0.39 is 0 Å². The first-order chi connectivity index (χ1) is 9.57. The van der Waals surface area contributed by atoms with Gasteiger partial charge in [-0.2, -0.15) is 0 Å². The molecule has 1 aliphatic carbocycles. The zero-order chi connectivity index (χ0) is 14.6. The van der Waals surface area contributed by atoms with Crippen molar-refractivity contribution in [1.29, 1.82) is 0 Å². The molecule has 110 valence electrons. The van der Waals surface area contributed by atoms with E-state index in [4.69, 9.17) is 0 Å². The molecule has 0 saturated heterocycles. The highest BCUT2D eigenvalue weighted by Crippen LogP contribution is 2.47. The van der Waals surface area contributed by atoms with Crippen molar-refractivity contribution in [2.45, 2.75) is 44.9 Å². The van der Waals surface area contributed by atoms with Gasteiger partial charge in [-0.15, -0.1) is 0 Å². The molecule has 2 amide bonds. The molecule has 3 heteroatoms. The van der Waals surface area contributed by atoms with Gasteiger partial charge in [-0.25, -0.2) is 4.79 Å². The molecule has 0 radical (unpaired) electrons. The summed E-state index contributed by atoms with van der Waals surface area (Å²) in [4.78, 5) is 13.8. The molecule has 0 unspecified atom stereocenters. The summed E-state index contributed by atoms with van der Waals surface area (Å²) < 4.78 is 0. The molecule has 1 aromatic rings. The first-order valence-corrected chi connectivity index (χ1v) is 7.63. The van der Waals surface area contributed by atoms with E-state index in [-0.39, 0.29) is 11.4 Å². The Morgan fingerprint density at radius 3 is 2.50 bits per heavy atom. The van der Waals surface area contributed by atoms with Crippen molar-refractivity contribution in [3.63, 3.8) is 0 Å². The Hall–Kier alpha value is -1.51. The molecule has 20 heavy (non-hydrogen) atoms. The van der Waals surface area contributed by atoms with Gasteiger partial charge in [0, 0.05) is 25.6 Å². The van der Waals surface area contributed by atoms with Gasteiger partial charge in [0.25, 0.3) is 0 Å². The number of unbranched alkanes of at least 4 members (excludes halogenated alkanes) is 1. The minimum atomic E-state index is 0.0526. The number of hydrogen-bond donors (Lipinski definition) is 1. The van der Waals surface area contributed by atoms with Crippen LogP contribution < -0.4 is 5.32 Å². The monoisotopic (exact) mass is 274 g/mol. The van der Waals surface area contributed by atoms with Crippen molar-refractivity contribution >= 4 is 6.03 Å². The number of carbonyl (C=O) groups is 1. The smallest absolute Gasteiger partial charge is 0.317 e. The number of rotatable bonds is 6. The van der Waals surface area contributed by atoms with Crippen molar-refractivity contribution < 1.29 is 4.79 Å². The third-order valence-electron chi connectivity index (χ3n) is 4.29. The second kappa shape index (κ2) is 6.29. The summed E-state index contributed by atoms with van der Waals surface area (Å²) in [6.45, 7) is 5.83. The first kappa shape index (κ1) is 14.9. The van der Waals surface area contributed by atoms with Gasteiger partial charge in [-0.1, -0.05) is 43.2 Å². The molecule has 3 nitrogen and oxygen atoms in total. The summed E-state index contributed by atoms with van der Waals surface area (Å²) in [6.07, 6.45) is 4.53. The van der Waals surface area contributed by atoms with E-state index in [0.717, 1.165) is 25.9 Å². The summed E-state index contributed by atoms with van der Waals surface area (Å²) >= 11 is 0. The molecule has 0 bridgehead atoms. The van der Waals surface area contributed by atoms with Gasteiger partial charge in [0.15, 0.2) is 0 Å². The lowest BCUT2D eigenvalue weighted by Crippen LogP contribution is -2.41. The minimum absolute atomic E-state index is 0.0526. The fourth-order valence-corrected chi connectivity index (χ4v) is 2.50. The summed E-state index contributed by atoms with van der Waals surface area (Å²) in [6, 6.07) is 8.77. The second-order valence-electron chi connectivity index (χ2n) is 6.08. The summed E-state index contributed by atoms with van der Waals surface area (Å²) in [7, 11) is 1.87. The Labute approximate surface area is 122 Å². The topological polar surface area (TPSA) is 32.3 Å². The van der Waals surface area contributed by atoms with Gasteiger partial charge >= 0.3 is 6.03 Å².